The second kappa shape index (κ2) is 3.04. The van der Waals surface area contributed by atoms with Gasteiger partial charge in [-0.3, -0.25) is 0 Å². The van der Waals surface area contributed by atoms with Gasteiger partial charge < -0.3 is 0 Å². The molecule has 0 spiro atoms. The summed E-state index contributed by atoms with van der Waals surface area (Å²) in [5.74, 6) is 0. The van der Waals surface area contributed by atoms with Gasteiger partial charge in [-0.05, 0) is 0 Å². The van der Waals surface area contributed by atoms with Crippen LogP contribution in [0.15, 0.2) is 33.5 Å². The summed E-state index contributed by atoms with van der Waals surface area (Å²) >= 11 is 1.46. The van der Waals surface area contributed by atoms with Crippen LogP contribution < -0.4 is 9.98 Å². The molecule has 0 saturated carbocycles. The van der Waals surface area contributed by atoms with Crippen molar-refractivity contribution in [2.75, 3.05) is 0 Å². The van der Waals surface area contributed by atoms with Gasteiger partial charge in [-0.2, -0.15) is 0 Å². The Kier molecular flexibility index (Phi) is 2.01. The Morgan fingerprint density at radius 2 is 2.00 bits per heavy atom. The van der Waals surface area contributed by atoms with Gasteiger partial charge in [-0.15, -0.1) is 0 Å². The van der Waals surface area contributed by atoms with Crippen molar-refractivity contribution in [1.82, 2.24) is 0 Å². The molecule has 0 fully saturated rings. The molecule has 0 radical (unpaired) electrons. The Bertz CT molecular complexity index is 514. The molecule has 0 aliphatic heterocycles. The van der Waals surface area contributed by atoms with Crippen LogP contribution in [0.3, 0.4) is 0 Å². The fourth-order valence-corrected chi connectivity index (χ4v) is 2.01. The Labute approximate surface area is 84.1 Å². The predicted molar refractivity (Wildman–Crippen MR) is 55.4 cm³/mol. The summed E-state index contributed by atoms with van der Waals surface area (Å²) in [6, 6.07) is 7.61. The molecule has 0 amide bonds. The third-order valence-corrected chi connectivity index (χ3v) is 3.65. The first-order valence-electron chi connectivity index (χ1n) is 3.98. The zero-order chi connectivity index (χ0) is 9.42. The number of benzene rings is 1. The van der Waals surface area contributed by atoms with Crippen LogP contribution in [0.1, 0.15) is 5.56 Å². The Morgan fingerprint density at radius 3 is 2.77 bits per heavy atom. The van der Waals surface area contributed by atoms with Gasteiger partial charge in [0.15, 0.2) is 0 Å². The van der Waals surface area contributed by atoms with Crippen molar-refractivity contribution in [2.24, 2.45) is 0 Å². The monoisotopic (exact) mass is 236 g/mol. The van der Waals surface area contributed by atoms with Gasteiger partial charge in [0.1, 0.15) is 0 Å². The standard InChI is InChI=1S/C10H9AsO2/c1-6-9(11)7-4-2-3-5-8(7)13-10(6)12/h2-5H,11H2,1H3. The molecular weight excluding hydrogens is 227 g/mol. The fourth-order valence-electron chi connectivity index (χ4n) is 1.27. The normalized spacial score (nSPS) is 10.6. The van der Waals surface area contributed by atoms with E-state index in [4.69, 9.17) is 4.42 Å². The number of hydrogen-bond acceptors (Lipinski definition) is 2. The van der Waals surface area contributed by atoms with E-state index in [2.05, 4.69) is 0 Å². The van der Waals surface area contributed by atoms with E-state index < -0.39 is 0 Å². The summed E-state index contributed by atoms with van der Waals surface area (Å²) < 4.78 is 6.20. The quantitative estimate of drug-likeness (QED) is 0.488. The van der Waals surface area contributed by atoms with E-state index in [1.165, 1.54) is 16.9 Å². The van der Waals surface area contributed by atoms with Crippen LogP contribution in [0.5, 0.6) is 0 Å². The topological polar surface area (TPSA) is 30.2 Å². The van der Waals surface area contributed by atoms with Gasteiger partial charge in [-0.25, -0.2) is 0 Å². The number of fused-ring (bicyclic) bond motifs is 1. The van der Waals surface area contributed by atoms with E-state index in [-0.39, 0.29) is 5.63 Å². The van der Waals surface area contributed by atoms with E-state index in [0.29, 0.717) is 5.58 Å². The molecule has 2 rings (SSSR count). The molecule has 1 unspecified atom stereocenters. The third kappa shape index (κ3) is 1.31. The molecule has 1 atom stereocenters. The second-order valence-electron chi connectivity index (χ2n) is 2.92. The maximum absolute atomic E-state index is 11.3. The summed E-state index contributed by atoms with van der Waals surface area (Å²) in [5.41, 5.74) is 1.18. The minimum absolute atomic E-state index is 0.224. The Morgan fingerprint density at radius 1 is 1.31 bits per heavy atom. The van der Waals surface area contributed by atoms with Crippen molar-refractivity contribution in [3.05, 3.63) is 40.2 Å². The van der Waals surface area contributed by atoms with E-state index in [1.54, 1.807) is 6.92 Å². The summed E-state index contributed by atoms with van der Waals surface area (Å²) in [4.78, 5) is 11.3. The van der Waals surface area contributed by atoms with Crippen LogP contribution in [0.25, 0.3) is 11.0 Å². The van der Waals surface area contributed by atoms with Crippen molar-refractivity contribution in [1.29, 1.82) is 0 Å². The average Bonchev–Trinajstić information content (AvgIpc) is 2.15. The molecule has 0 saturated heterocycles. The number of rotatable bonds is 0. The summed E-state index contributed by atoms with van der Waals surface area (Å²) in [7, 11) is 0. The number of para-hydroxylation sites is 1. The molecular formula is C10H9AsO2. The Hall–Kier alpha value is -1.01. The second-order valence-corrected chi connectivity index (χ2v) is 4.14. The average molecular weight is 236 g/mol. The molecule has 0 N–H and O–H groups in total. The van der Waals surface area contributed by atoms with Crippen LogP contribution >= 0.6 is 0 Å². The van der Waals surface area contributed by atoms with Crippen LogP contribution in [0, 0.1) is 6.92 Å². The van der Waals surface area contributed by atoms with Crippen molar-refractivity contribution in [2.45, 2.75) is 6.92 Å². The summed E-state index contributed by atoms with van der Waals surface area (Å²) in [6.07, 6.45) is 0. The first-order chi connectivity index (χ1) is 6.20. The molecule has 2 nitrogen and oxygen atoms in total. The summed E-state index contributed by atoms with van der Waals surface area (Å²) in [6.45, 7) is 1.80. The van der Waals surface area contributed by atoms with Crippen molar-refractivity contribution in [3.63, 3.8) is 0 Å². The minimum atomic E-state index is -0.224. The van der Waals surface area contributed by atoms with Gasteiger partial charge in [0.25, 0.3) is 0 Å². The summed E-state index contributed by atoms with van der Waals surface area (Å²) in [5, 5.41) is 1.04. The molecule has 0 bridgehead atoms. The van der Waals surface area contributed by atoms with Crippen molar-refractivity contribution >= 4 is 32.2 Å². The zero-order valence-electron chi connectivity index (χ0n) is 7.20. The van der Waals surface area contributed by atoms with Crippen LogP contribution in [-0.4, -0.2) is 16.9 Å². The molecule has 2 aromatic rings. The van der Waals surface area contributed by atoms with Crippen LogP contribution in [0.2, 0.25) is 0 Å². The molecule has 1 aromatic heterocycles. The SMILES string of the molecule is Cc1c([AsH2])c2ccccc2oc1=O. The molecule has 3 heteroatoms. The van der Waals surface area contributed by atoms with Crippen molar-refractivity contribution < 1.29 is 4.42 Å². The first-order valence-corrected chi connectivity index (χ1v) is 5.19. The van der Waals surface area contributed by atoms with Crippen LogP contribution in [0.4, 0.5) is 0 Å². The molecule has 13 heavy (non-hydrogen) atoms. The molecule has 0 aliphatic carbocycles. The van der Waals surface area contributed by atoms with Gasteiger partial charge in [0, 0.05) is 0 Å². The zero-order valence-corrected chi connectivity index (χ0v) is 9.63. The number of hydrogen-bond donors (Lipinski definition) is 0. The van der Waals surface area contributed by atoms with Gasteiger partial charge in [-0.1, -0.05) is 0 Å². The van der Waals surface area contributed by atoms with E-state index in [0.717, 1.165) is 15.3 Å². The fraction of sp³-hybridized carbons (Fsp3) is 0.100. The van der Waals surface area contributed by atoms with Crippen LogP contribution in [-0.2, 0) is 0 Å². The Balaban J connectivity index is 3.02. The van der Waals surface area contributed by atoms with Crippen molar-refractivity contribution in [3.8, 4) is 0 Å². The molecule has 0 aliphatic rings. The van der Waals surface area contributed by atoms with E-state index in [9.17, 15) is 4.79 Å². The predicted octanol–water partition coefficient (Wildman–Crippen LogP) is 0.360. The molecule has 66 valence electrons. The maximum atomic E-state index is 11.3. The molecule has 1 heterocycles. The third-order valence-electron chi connectivity index (χ3n) is 2.09. The molecule has 1 aromatic carbocycles. The van der Waals surface area contributed by atoms with E-state index in [1.807, 2.05) is 24.3 Å². The van der Waals surface area contributed by atoms with Gasteiger partial charge in [0.2, 0.25) is 0 Å². The van der Waals surface area contributed by atoms with E-state index >= 15 is 0 Å². The van der Waals surface area contributed by atoms with Gasteiger partial charge >= 0.3 is 83.8 Å². The van der Waals surface area contributed by atoms with Gasteiger partial charge in [0.05, 0.1) is 0 Å². The first kappa shape index (κ1) is 8.58.